The van der Waals surface area contributed by atoms with Crippen LogP contribution < -0.4 is 9.84 Å². The molecule has 0 atom stereocenters. The Morgan fingerprint density at radius 3 is 2.82 bits per heavy atom. The minimum Gasteiger partial charge on any atom is -0.872 e. The van der Waals surface area contributed by atoms with Gasteiger partial charge in [-0.1, -0.05) is 11.8 Å². The zero-order valence-corrected chi connectivity index (χ0v) is 6.03. The fourth-order valence-electron chi connectivity index (χ4n) is 0.746. The molecule has 11 heavy (non-hydrogen) atoms. The van der Waals surface area contributed by atoms with Crippen molar-refractivity contribution in [3.63, 3.8) is 0 Å². The summed E-state index contributed by atoms with van der Waals surface area (Å²) in [6, 6.07) is 4.24. The van der Waals surface area contributed by atoms with E-state index in [9.17, 15) is 9.90 Å². The van der Waals surface area contributed by atoms with Crippen LogP contribution in [0.25, 0.3) is 0 Å². The molecule has 0 N–H and O–H groups in total. The highest BCUT2D eigenvalue weighted by molar-refractivity contribution is 5.79. The van der Waals surface area contributed by atoms with Gasteiger partial charge in [-0.25, -0.2) is 0 Å². The van der Waals surface area contributed by atoms with Gasteiger partial charge in [0.25, 0.3) is 0 Å². The highest BCUT2D eigenvalue weighted by Crippen LogP contribution is 2.18. The molecule has 0 amide bonds. The van der Waals surface area contributed by atoms with Gasteiger partial charge < -0.3 is 9.84 Å². The molecule has 0 spiro atoms. The smallest absolute Gasteiger partial charge is 0.149 e. The number of carbonyl (C=O) groups excluding carboxylic acids is 1. The summed E-state index contributed by atoms with van der Waals surface area (Å²) >= 11 is 0. The van der Waals surface area contributed by atoms with Gasteiger partial charge in [-0.05, 0) is 12.1 Å². The lowest BCUT2D eigenvalue weighted by Gasteiger charge is -2.09. The maximum atomic E-state index is 10.8. The van der Waals surface area contributed by atoms with Crippen LogP contribution in [0.3, 0.4) is 0 Å². The molecule has 0 saturated carbocycles. The topological polar surface area (TPSA) is 49.4 Å². The van der Waals surface area contributed by atoms with Gasteiger partial charge in [0, 0.05) is 5.56 Å². The first kappa shape index (κ1) is 7.60. The van der Waals surface area contributed by atoms with Crippen molar-refractivity contribution in [3.05, 3.63) is 23.8 Å². The average molecular weight is 151 g/mol. The first-order valence-electron chi connectivity index (χ1n) is 3.08. The predicted molar refractivity (Wildman–Crippen MR) is 37.8 cm³/mol. The zero-order chi connectivity index (χ0) is 8.27. The lowest BCUT2D eigenvalue weighted by Crippen LogP contribution is -1.96. The van der Waals surface area contributed by atoms with E-state index in [1.807, 2.05) is 0 Å². The van der Waals surface area contributed by atoms with Gasteiger partial charge in [0.15, 0.2) is 0 Å². The van der Waals surface area contributed by atoms with E-state index in [-0.39, 0.29) is 11.3 Å². The lowest BCUT2D eigenvalue weighted by atomic mass is 10.2. The molecule has 0 aliphatic carbocycles. The third-order valence-electron chi connectivity index (χ3n) is 1.34. The first-order valence-corrected chi connectivity index (χ1v) is 3.08. The van der Waals surface area contributed by atoms with Crippen LogP contribution in [0.15, 0.2) is 18.2 Å². The molecule has 58 valence electrons. The number of ether oxygens (including phenoxy) is 1. The Kier molecular flexibility index (Phi) is 2.11. The number of benzene rings is 1. The molecule has 1 rings (SSSR count). The van der Waals surface area contributed by atoms with E-state index in [0.717, 1.165) is 0 Å². The SMILES string of the molecule is COc1ccc([O-])c(C=O)c1. The number of hydrogen-bond donors (Lipinski definition) is 0. The van der Waals surface area contributed by atoms with E-state index < -0.39 is 0 Å². The van der Waals surface area contributed by atoms with E-state index in [4.69, 9.17) is 4.74 Å². The molecule has 0 aliphatic rings. The van der Waals surface area contributed by atoms with Crippen LogP contribution in [0, 0.1) is 0 Å². The van der Waals surface area contributed by atoms with E-state index in [1.54, 1.807) is 0 Å². The summed E-state index contributed by atoms with van der Waals surface area (Å²) in [4.78, 5) is 10.2. The fraction of sp³-hybridized carbons (Fsp3) is 0.125. The van der Waals surface area contributed by atoms with Crippen LogP contribution in [-0.4, -0.2) is 13.4 Å². The van der Waals surface area contributed by atoms with Gasteiger partial charge in [-0.2, -0.15) is 0 Å². The quantitative estimate of drug-likeness (QED) is 0.581. The van der Waals surface area contributed by atoms with Crippen LogP contribution in [0.5, 0.6) is 11.5 Å². The number of aldehydes is 1. The Hall–Kier alpha value is -1.51. The van der Waals surface area contributed by atoms with Crippen molar-refractivity contribution in [3.8, 4) is 11.5 Å². The molecule has 3 heteroatoms. The Morgan fingerprint density at radius 2 is 2.27 bits per heavy atom. The largest absolute Gasteiger partial charge is 0.872 e. The van der Waals surface area contributed by atoms with Crippen LogP contribution in [0.2, 0.25) is 0 Å². The second-order valence-corrected chi connectivity index (χ2v) is 2.02. The summed E-state index contributed by atoms with van der Waals surface area (Å²) in [5, 5.41) is 10.8. The summed E-state index contributed by atoms with van der Waals surface area (Å²) in [6.45, 7) is 0. The molecular weight excluding hydrogens is 144 g/mol. The molecule has 1 aromatic carbocycles. The third kappa shape index (κ3) is 1.49. The minimum atomic E-state index is -0.277. The normalized spacial score (nSPS) is 9.18. The highest BCUT2D eigenvalue weighted by atomic mass is 16.5. The molecule has 0 unspecified atom stereocenters. The molecule has 0 radical (unpaired) electrons. The standard InChI is InChI=1S/C8H8O3/c1-11-7-2-3-8(10)6(4-7)5-9/h2-5,10H,1H3/p-1. The molecule has 1 aromatic rings. The Bertz CT molecular complexity index is 268. The van der Waals surface area contributed by atoms with E-state index in [0.29, 0.717) is 12.0 Å². The van der Waals surface area contributed by atoms with Crippen molar-refractivity contribution in [1.29, 1.82) is 0 Å². The lowest BCUT2D eigenvalue weighted by molar-refractivity contribution is -0.268. The van der Waals surface area contributed by atoms with Gasteiger partial charge in [-0.15, -0.1) is 0 Å². The molecule has 0 bridgehead atoms. The van der Waals surface area contributed by atoms with Gasteiger partial charge in [0.05, 0.1) is 7.11 Å². The maximum absolute atomic E-state index is 10.8. The molecule has 0 heterocycles. The summed E-state index contributed by atoms with van der Waals surface area (Å²) in [5.41, 5.74) is 0.129. The van der Waals surface area contributed by atoms with Crippen molar-refractivity contribution in [1.82, 2.24) is 0 Å². The second kappa shape index (κ2) is 3.05. The molecule has 0 saturated heterocycles. The molecule has 0 fully saturated rings. The van der Waals surface area contributed by atoms with E-state index in [2.05, 4.69) is 0 Å². The summed E-state index contributed by atoms with van der Waals surface area (Å²) in [7, 11) is 1.48. The van der Waals surface area contributed by atoms with Gasteiger partial charge in [-0.3, -0.25) is 4.79 Å². The molecular formula is C8H7O3-. The van der Waals surface area contributed by atoms with Crippen molar-refractivity contribution in [2.45, 2.75) is 0 Å². The summed E-state index contributed by atoms with van der Waals surface area (Å²) in [6.07, 6.45) is 0.519. The summed E-state index contributed by atoms with van der Waals surface area (Å²) in [5.74, 6) is 0.243. The number of hydrogen-bond acceptors (Lipinski definition) is 3. The van der Waals surface area contributed by atoms with Crippen LogP contribution in [0.4, 0.5) is 0 Å². The Balaban J connectivity index is 3.12. The summed E-state index contributed by atoms with van der Waals surface area (Å²) < 4.78 is 4.81. The van der Waals surface area contributed by atoms with Crippen molar-refractivity contribution in [2.75, 3.05) is 7.11 Å². The number of methoxy groups -OCH3 is 1. The average Bonchev–Trinajstić information content (AvgIpc) is 2.05. The van der Waals surface area contributed by atoms with Crippen molar-refractivity contribution >= 4 is 6.29 Å². The highest BCUT2D eigenvalue weighted by Gasteiger charge is 1.94. The Labute approximate surface area is 64.2 Å². The minimum absolute atomic E-state index is 0.129. The van der Waals surface area contributed by atoms with E-state index in [1.165, 1.54) is 25.3 Å². The molecule has 0 aromatic heterocycles. The third-order valence-corrected chi connectivity index (χ3v) is 1.34. The van der Waals surface area contributed by atoms with Crippen LogP contribution in [0.1, 0.15) is 10.4 Å². The molecule has 3 nitrogen and oxygen atoms in total. The second-order valence-electron chi connectivity index (χ2n) is 2.02. The van der Waals surface area contributed by atoms with Crippen LogP contribution in [-0.2, 0) is 0 Å². The Morgan fingerprint density at radius 1 is 1.55 bits per heavy atom. The first-order chi connectivity index (χ1) is 5.27. The predicted octanol–water partition coefficient (Wildman–Crippen LogP) is 0.581. The van der Waals surface area contributed by atoms with Crippen molar-refractivity contribution in [2.24, 2.45) is 0 Å². The fourth-order valence-corrected chi connectivity index (χ4v) is 0.746. The number of carbonyl (C=O) groups is 1. The van der Waals surface area contributed by atoms with Gasteiger partial charge in [0.2, 0.25) is 0 Å². The van der Waals surface area contributed by atoms with Gasteiger partial charge in [0.1, 0.15) is 12.0 Å². The zero-order valence-electron chi connectivity index (χ0n) is 6.03. The van der Waals surface area contributed by atoms with E-state index >= 15 is 0 Å². The van der Waals surface area contributed by atoms with Crippen LogP contribution >= 0.6 is 0 Å². The van der Waals surface area contributed by atoms with Crippen molar-refractivity contribution < 1.29 is 14.6 Å². The maximum Gasteiger partial charge on any atom is 0.149 e. The van der Waals surface area contributed by atoms with Gasteiger partial charge >= 0.3 is 0 Å². The monoisotopic (exact) mass is 151 g/mol. The molecule has 0 aliphatic heterocycles. The number of rotatable bonds is 2.